The topological polar surface area (TPSA) is 85.1 Å². The van der Waals surface area contributed by atoms with E-state index in [2.05, 4.69) is 25.6 Å². The largest absolute Gasteiger partial charge is 0.398 e. The molecule has 3 N–H and O–H groups in total. The predicted octanol–water partition coefficient (Wildman–Crippen LogP) is 2.26. The monoisotopic (exact) mass is 369 g/mol. The summed E-state index contributed by atoms with van der Waals surface area (Å²) in [5, 5.41) is 0. The van der Waals surface area contributed by atoms with Gasteiger partial charge in [0.25, 0.3) is 0 Å². The highest BCUT2D eigenvalue weighted by Gasteiger charge is 2.17. The Morgan fingerprint density at radius 1 is 1.33 bits per heavy atom. The molecule has 0 unspecified atom stereocenters. The van der Waals surface area contributed by atoms with E-state index in [-0.39, 0.29) is 11.4 Å². The number of halogens is 1. The van der Waals surface area contributed by atoms with E-state index in [1.54, 1.807) is 19.2 Å². The van der Waals surface area contributed by atoms with Crippen molar-refractivity contribution in [1.82, 2.24) is 9.71 Å². The van der Waals surface area contributed by atoms with E-state index in [4.69, 9.17) is 5.73 Å². The number of hydrogen-bond donors (Lipinski definition) is 2. The molecular weight excluding hydrogens is 354 g/mol. The molecule has 0 spiro atoms. The van der Waals surface area contributed by atoms with Crippen molar-refractivity contribution >= 4 is 31.6 Å². The fourth-order valence-corrected chi connectivity index (χ4v) is 3.64. The Balaban J connectivity index is 2.10. The number of nitrogens with two attached hydrogens (primary N) is 1. The van der Waals surface area contributed by atoms with Crippen molar-refractivity contribution in [3.05, 3.63) is 52.3 Å². The van der Waals surface area contributed by atoms with Gasteiger partial charge in [0.15, 0.2) is 0 Å². The highest BCUT2D eigenvalue weighted by atomic mass is 79.9. The molecule has 0 aliphatic rings. The number of benzene rings is 1. The highest BCUT2D eigenvalue weighted by Crippen LogP contribution is 2.26. The number of aryl methyl sites for hydroxylation is 1. The maximum Gasteiger partial charge on any atom is 0.240 e. The van der Waals surface area contributed by atoms with Gasteiger partial charge in [-0.1, -0.05) is 6.07 Å². The summed E-state index contributed by atoms with van der Waals surface area (Å²) in [6.45, 7) is 2.02. The van der Waals surface area contributed by atoms with Gasteiger partial charge in [-0.2, -0.15) is 0 Å². The van der Waals surface area contributed by atoms with Crippen LogP contribution in [0.1, 0.15) is 11.3 Å². The molecule has 1 aromatic carbocycles. The van der Waals surface area contributed by atoms with Crippen molar-refractivity contribution < 1.29 is 8.42 Å². The van der Waals surface area contributed by atoms with Crippen molar-refractivity contribution in [2.24, 2.45) is 0 Å². The molecule has 2 rings (SSSR count). The van der Waals surface area contributed by atoms with Crippen LogP contribution in [0.3, 0.4) is 0 Å². The summed E-state index contributed by atoms with van der Waals surface area (Å²) in [6, 6.07) is 8.71. The Morgan fingerprint density at radius 2 is 2.10 bits per heavy atom. The van der Waals surface area contributed by atoms with Gasteiger partial charge in [-0.15, -0.1) is 0 Å². The van der Waals surface area contributed by atoms with E-state index in [0.29, 0.717) is 22.1 Å². The average Bonchev–Trinajstić information content (AvgIpc) is 2.43. The average molecular weight is 370 g/mol. The van der Waals surface area contributed by atoms with Crippen molar-refractivity contribution in [1.29, 1.82) is 0 Å². The minimum atomic E-state index is -3.58. The Labute approximate surface area is 132 Å². The van der Waals surface area contributed by atoms with Gasteiger partial charge in [0.2, 0.25) is 10.0 Å². The van der Waals surface area contributed by atoms with Crippen LogP contribution in [0.5, 0.6) is 0 Å². The number of nitrogen functional groups attached to an aromatic ring is 1. The van der Waals surface area contributed by atoms with E-state index in [1.165, 1.54) is 6.07 Å². The van der Waals surface area contributed by atoms with Crippen molar-refractivity contribution in [2.45, 2.75) is 18.2 Å². The molecule has 1 heterocycles. The second-order valence-electron chi connectivity index (χ2n) is 4.61. The third kappa shape index (κ3) is 4.03. The lowest BCUT2D eigenvalue weighted by Gasteiger charge is -2.11. The summed E-state index contributed by atoms with van der Waals surface area (Å²) in [6.07, 6.45) is 2.22. The molecule has 112 valence electrons. The third-order valence-electron chi connectivity index (χ3n) is 2.98. The third-order valence-corrected chi connectivity index (χ3v) is 5.27. The molecule has 0 bridgehead atoms. The zero-order valence-electron chi connectivity index (χ0n) is 11.5. The standard InChI is InChI=1S/C14H16BrN3O2S/c1-10-8-12(15)13(16)9-14(10)21(19,20)18-7-5-11-4-2-3-6-17-11/h2-4,6,8-9,18H,5,7,16H2,1H3. The number of pyridine rings is 1. The van der Waals surface area contributed by atoms with Gasteiger partial charge >= 0.3 is 0 Å². The second-order valence-corrected chi connectivity index (χ2v) is 7.20. The number of aromatic nitrogens is 1. The molecule has 0 amide bonds. The molecule has 0 aliphatic carbocycles. The van der Waals surface area contributed by atoms with E-state index in [1.807, 2.05) is 18.2 Å². The summed E-state index contributed by atoms with van der Waals surface area (Å²) in [5.74, 6) is 0. The first-order chi connectivity index (χ1) is 9.90. The lowest BCUT2D eigenvalue weighted by atomic mass is 10.2. The number of rotatable bonds is 5. The fourth-order valence-electron chi connectivity index (χ4n) is 1.90. The molecule has 21 heavy (non-hydrogen) atoms. The van der Waals surface area contributed by atoms with Crippen LogP contribution in [0.15, 0.2) is 45.9 Å². The van der Waals surface area contributed by atoms with E-state index < -0.39 is 10.0 Å². The van der Waals surface area contributed by atoms with Gasteiger partial charge in [-0.25, -0.2) is 13.1 Å². The van der Waals surface area contributed by atoms with Crippen LogP contribution in [0.2, 0.25) is 0 Å². The minimum Gasteiger partial charge on any atom is -0.398 e. The summed E-state index contributed by atoms with van der Waals surface area (Å²) >= 11 is 3.28. The van der Waals surface area contributed by atoms with Crippen LogP contribution in [-0.2, 0) is 16.4 Å². The SMILES string of the molecule is Cc1cc(Br)c(N)cc1S(=O)(=O)NCCc1ccccn1. The number of hydrogen-bond acceptors (Lipinski definition) is 4. The first-order valence-electron chi connectivity index (χ1n) is 6.35. The van der Waals surface area contributed by atoms with Gasteiger partial charge in [0.05, 0.1) is 4.90 Å². The number of nitrogens with one attached hydrogen (secondary N) is 1. The predicted molar refractivity (Wildman–Crippen MR) is 86.4 cm³/mol. The van der Waals surface area contributed by atoms with Crippen molar-refractivity contribution in [2.75, 3.05) is 12.3 Å². The molecule has 0 fully saturated rings. The summed E-state index contributed by atoms with van der Waals surface area (Å²) < 4.78 is 27.9. The molecule has 0 atom stereocenters. The van der Waals surface area contributed by atoms with Gasteiger partial charge in [0, 0.05) is 35.0 Å². The Bertz CT molecular complexity index is 733. The Morgan fingerprint density at radius 3 is 2.76 bits per heavy atom. The van der Waals surface area contributed by atoms with Crippen LogP contribution in [0, 0.1) is 6.92 Å². The molecule has 0 saturated carbocycles. The molecule has 0 aliphatic heterocycles. The molecular formula is C14H16BrN3O2S. The number of anilines is 1. The lowest BCUT2D eigenvalue weighted by molar-refractivity contribution is 0.580. The first kappa shape index (κ1) is 15.9. The van der Waals surface area contributed by atoms with Crippen LogP contribution in [0.25, 0.3) is 0 Å². The van der Waals surface area contributed by atoms with Crippen LogP contribution in [-0.4, -0.2) is 19.9 Å². The number of nitrogens with zero attached hydrogens (tertiary/aromatic N) is 1. The molecule has 5 nitrogen and oxygen atoms in total. The Kier molecular flexibility index (Phi) is 4.97. The molecule has 0 saturated heterocycles. The zero-order valence-corrected chi connectivity index (χ0v) is 13.9. The normalized spacial score (nSPS) is 11.5. The van der Waals surface area contributed by atoms with E-state index in [9.17, 15) is 8.42 Å². The van der Waals surface area contributed by atoms with E-state index in [0.717, 1.165) is 5.69 Å². The van der Waals surface area contributed by atoms with Crippen LogP contribution in [0.4, 0.5) is 5.69 Å². The van der Waals surface area contributed by atoms with Crippen molar-refractivity contribution in [3.8, 4) is 0 Å². The first-order valence-corrected chi connectivity index (χ1v) is 8.63. The van der Waals surface area contributed by atoms with Crippen molar-refractivity contribution in [3.63, 3.8) is 0 Å². The smallest absolute Gasteiger partial charge is 0.240 e. The van der Waals surface area contributed by atoms with Gasteiger partial charge in [-0.3, -0.25) is 4.98 Å². The number of sulfonamides is 1. The second kappa shape index (κ2) is 6.55. The molecule has 1 aromatic heterocycles. The maximum atomic E-state index is 12.3. The minimum absolute atomic E-state index is 0.198. The summed E-state index contributed by atoms with van der Waals surface area (Å²) in [5.41, 5.74) is 7.63. The van der Waals surface area contributed by atoms with E-state index >= 15 is 0 Å². The quantitative estimate of drug-likeness (QED) is 0.791. The van der Waals surface area contributed by atoms with Gasteiger partial charge in [0.1, 0.15) is 0 Å². The van der Waals surface area contributed by atoms with Gasteiger partial charge < -0.3 is 5.73 Å². The van der Waals surface area contributed by atoms with Crippen LogP contribution < -0.4 is 10.5 Å². The zero-order chi connectivity index (χ0) is 15.5. The molecule has 7 heteroatoms. The Hall–Kier alpha value is -1.44. The summed E-state index contributed by atoms with van der Waals surface area (Å²) in [4.78, 5) is 4.35. The highest BCUT2D eigenvalue weighted by molar-refractivity contribution is 9.10. The van der Waals surface area contributed by atoms with Gasteiger partial charge in [-0.05, 0) is 52.7 Å². The molecule has 2 aromatic rings. The summed E-state index contributed by atoms with van der Waals surface area (Å²) in [7, 11) is -3.58. The fraction of sp³-hybridized carbons (Fsp3) is 0.214. The van der Waals surface area contributed by atoms with Crippen LogP contribution >= 0.6 is 15.9 Å². The lowest BCUT2D eigenvalue weighted by Crippen LogP contribution is -2.27. The maximum absolute atomic E-state index is 12.3. The molecule has 0 radical (unpaired) electrons.